The fourth-order valence-corrected chi connectivity index (χ4v) is 8.77. The second-order valence-corrected chi connectivity index (χ2v) is 21.1. The van der Waals surface area contributed by atoms with E-state index in [1.54, 1.807) is 0 Å². The first-order chi connectivity index (χ1) is 29.6. The molecule has 366 valence electrons. The van der Waals surface area contributed by atoms with E-state index < -0.39 is 13.9 Å². The van der Waals surface area contributed by atoms with E-state index in [-0.39, 0.29) is 25.8 Å². The van der Waals surface area contributed by atoms with Gasteiger partial charge in [0.25, 0.3) is 0 Å². The van der Waals surface area contributed by atoms with Gasteiger partial charge < -0.3 is 18.9 Å². The first-order valence-corrected chi connectivity index (χ1v) is 28.3. The molecule has 0 rings (SSSR count). The number of rotatable bonds is 51. The third kappa shape index (κ3) is 50.4. The van der Waals surface area contributed by atoms with Crippen LogP contribution in [0.3, 0.4) is 0 Å². The van der Waals surface area contributed by atoms with Crippen LogP contribution >= 0.6 is 7.82 Å². The average molecular weight is 889 g/mol. The van der Waals surface area contributed by atoms with Crippen molar-refractivity contribution < 1.29 is 37.3 Å². The number of phosphoric acid groups is 1. The summed E-state index contributed by atoms with van der Waals surface area (Å²) in [6.45, 7) is 5.70. The van der Waals surface area contributed by atoms with Gasteiger partial charge in [-0.1, -0.05) is 251 Å². The second kappa shape index (κ2) is 46.0. The fraction of sp³-hybridized carbons (Fsp3) is 0.981. The Hall–Kier alpha value is -0.500. The number of quaternary nitrogens is 1. The van der Waals surface area contributed by atoms with Crippen molar-refractivity contribution in [3.63, 3.8) is 0 Å². The molecular weight excluding hydrogens is 782 g/mol. The third-order valence-electron chi connectivity index (χ3n) is 12.2. The van der Waals surface area contributed by atoms with E-state index in [4.69, 9.17) is 18.5 Å². The molecule has 0 radical (unpaired) electrons. The van der Waals surface area contributed by atoms with Gasteiger partial charge in [0.05, 0.1) is 34.4 Å². The standard InChI is InChI=1S/C52H106NO7P/c1-6-8-10-12-14-16-18-20-22-23-24-25-26-27-28-29-30-31-32-33-35-37-39-41-43-45-52(54)60-51(50-59-61(55,56)58-48-46-53(3,4)5)49-57-47-44-42-40-38-36-34-21-19-17-15-13-11-9-7-2/h51H,6-50H2,1-5H3/p+1/t51-/m1/s1. The van der Waals surface area contributed by atoms with Crippen molar-refractivity contribution in [2.75, 3.05) is 54.1 Å². The largest absolute Gasteiger partial charge is 0.472 e. The summed E-state index contributed by atoms with van der Waals surface area (Å²) in [6, 6.07) is 0. The Bertz CT molecular complexity index is 945. The highest BCUT2D eigenvalue weighted by Gasteiger charge is 2.26. The Morgan fingerprint density at radius 2 is 0.754 bits per heavy atom. The zero-order valence-corrected chi connectivity index (χ0v) is 42.6. The van der Waals surface area contributed by atoms with Crippen LogP contribution in [0.1, 0.15) is 271 Å². The van der Waals surface area contributed by atoms with E-state index in [2.05, 4.69) is 13.8 Å². The van der Waals surface area contributed by atoms with E-state index in [9.17, 15) is 14.3 Å². The summed E-state index contributed by atoms with van der Waals surface area (Å²) in [6.07, 6.45) is 51.6. The molecule has 0 aliphatic carbocycles. The minimum Gasteiger partial charge on any atom is -0.457 e. The number of hydrogen-bond donors (Lipinski definition) is 1. The topological polar surface area (TPSA) is 91.3 Å². The van der Waals surface area contributed by atoms with Gasteiger partial charge in [-0.25, -0.2) is 4.57 Å². The molecule has 0 aromatic rings. The van der Waals surface area contributed by atoms with Gasteiger partial charge in [0.15, 0.2) is 0 Å². The van der Waals surface area contributed by atoms with Crippen LogP contribution in [0.15, 0.2) is 0 Å². The molecule has 0 spiro atoms. The molecule has 9 heteroatoms. The van der Waals surface area contributed by atoms with Crippen molar-refractivity contribution in [1.29, 1.82) is 0 Å². The molecule has 0 heterocycles. The van der Waals surface area contributed by atoms with Gasteiger partial charge in [0, 0.05) is 13.0 Å². The Balaban J connectivity index is 3.99. The molecule has 0 amide bonds. The van der Waals surface area contributed by atoms with Crippen LogP contribution < -0.4 is 0 Å². The van der Waals surface area contributed by atoms with Crippen LogP contribution in [0.25, 0.3) is 0 Å². The van der Waals surface area contributed by atoms with Crippen molar-refractivity contribution in [3.05, 3.63) is 0 Å². The molecule has 0 aromatic heterocycles. The molecule has 1 N–H and O–H groups in total. The SMILES string of the molecule is CCCCCCCCCCCCCCCCCCCCCCCCCCCC(=O)O[C@H](COCCCCCCCCCCCCCCCC)COP(=O)(O)OCC[N+](C)(C)C. The minimum atomic E-state index is -4.27. The third-order valence-corrected chi connectivity index (χ3v) is 13.2. The van der Waals surface area contributed by atoms with Gasteiger partial charge in [-0.05, 0) is 12.8 Å². The van der Waals surface area contributed by atoms with Crippen molar-refractivity contribution in [2.45, 2.75) is 277 Å². The number of carbonyl (C=O) groups excluding carboxylic acids is 1. The molecule has 1 unspecified atom stereocenters. The number of esters is 1. The molecule has 0 aliphatic rings. The van der Waals surface area contributed by atoms with Gasteiger partial charge in [0.2, 0.25) is 0 Å². The van der Waals surface area contributed by atoms with Crippen molar-refractivity contribution in [1.82, 2.24) is 0 Å². The Morgan fingerprint density at radius 1 is 0.443 bits per heavy atom. The molecule has 0 aliphatic heterocycles. The van der Waals surface area contributed by atoms with E-state index in [1.165, 1.54) is 218 Å². The lowest BCUT2D eigenvalue weighted by Gasteiger charge is -2.24. The molecule has 0 saturated heterocycles. The molecule has 0 aromatic carbocycles. The highest BCUT2D eigenvalue weighted by atomic mass is 31.2. The average Bonchev–Trinajstić information content (AvgIpc) is 3.22. The fourth-order valence-electron chi connectivity index (χ4n) is 8.03. The molecule has 0 bridgehead atoms. The van der Waals surface area contributed by atoms with Crippen molar-refractivity contribution >= 4 is 13.8 Å². The summed E-state index contributed by atoms with van der Waals surface area (Å²) < 4.78 is 35.2. The zero-order valence-electron chi connectivity index (χ0n) is 41.7. The van der Waals surface area contributed by atoms with Crippen LogP contribution in [0, 0.1) is 0 Å². The smallest absolute Gasteiger partial charge is 0.457 e. The van der Waals surface area contributed by atoms with Crippen LogP contribution in [-0.4, -0.2) is 75.6 Å². The second-order valence-electron chi connectivity index (χ2n) is 19.6. The quantitative estimate of drug-likeness (QED) is 0.0281. The summed E-state index contributed by atoms with van der Waals surface area (Å²) in [7, 11) is 1.69. The molecule has 0 fully saturated rings. The zero-order chi connectivity index (χ0) is 44.8. The van der Waals surface area contributed by atoms with Gasteiger partial charge in [-0.15, -0.1) is 0 Å². The summed E-state index contributed by atoms with van der Waals surface area (Å²) in [4.78, 5) is 23.0. The lowest BCUT2D eigenvalue weighted by Crippen LogP contribution is -2.37. The number of likely N-dealkylation sites (N-methyl/N-ethyl adjacent to an activating group) is 1. The Morgan fingerprint density at radius 3 is 1.08 bits per heavy atom. The lowest BCUT2D eigenvalue weighted by atomic mass is 10.0. The lowest BCUT2D eigenvalue weighted by molar-refractivity contribution is -0.870. The maximum absolute atomic E-state index is 12.8. The van der Waals surface area contributed by atoms with Crippen LogP contribution in [0.2, 0.25) is 0 Å². The number of unbranched alkanes of at least 4 members (excludes halogenated alkanes) is 37. The van der Waals surface area contributed by atoms with Gasteiger partial charge in [0.1, 0.15) is 19.3 Å². The highest BCUT2D eigenvalue weighted by Crippen LogP contribution is 2.43. The number of hydrogen-bond acceptors (Lipinski definition) is 6. The summed E-state index contributed by atoms with van der Waals surface area (Å²) in [5, 5.41) is 0. The number of carbonyl (C=O) groups is 1. The molecule has 8 nitrogen and oxygen atoms in total. The summed E-state index contributed by atoms with van der Waals surface area (Å²) in [5.74, 6) is -0.304. The Kier molecular flexibility index (Phi) is 45.7. The van der Waals surface area contributed by atoms with Crippen LogP contribution in [-0.2, 0) is 27.9 Å². The van der Waals surface area contributed by atoms with E-state index >= 15 is 0 Å². The molecular formula is C52H107NO7P+. The van der Waals surface area contributed by atoms with Crippen molar-refractivity contribution in [3.8, 4) is 0 Å². The predicted molar refractivity (Wildman–Crippen MR) is 261 cm³/mol. The first kappa shape index (κ1) is 60.5. The maximum atomic E-state index is 12.8. The molecule has 2 atom stereocenters. The van der Waals surface area contributed by atoms with Gasteiger partial charge in [-0.2, -0.15) is 0 Å². The van der Waals surface area contributed by atoms with Crippen molar-refractivity contribution in [2.24, 2.45) is 0 Å². The Labute approximate surface area is 380 Å². The van der Waals surface area contributed by atoms with Crippen LogP contribution in [0.5, 0.6) is 0 Å². The summed E-state index contributed by atoms with van der Waals surface area (Å²) in [5.41, 5.74) is 0. The van der Waals surface area contributed by atoms with Crippen LogP contribution in [0.4, 0.5) is 0 Å². The monoisotopic (exact) mass is 889 g/mol. The summed E-state index contributed by atoms with van der Waals surface area (Å²) >= 11 is 0. The number of phosphoric ester groups is 1. The van der Waals surface area contributed by atoms with E-state index in [0.29, 0.717) is 24.1 Å². The first-order valence-electron chi connectivity index (χ1n) is 26.8. The minimum absolute atomic E-state index is 0.0942. The normalized spacial score (nSPS) is 13.5. The number of ether oxygens (including phenoxy) is 2. The maximum Gasteiger partial charge on any atom is 0.472 e. The molecule has 0 saturated carbocycles. The van der Waals surface area contributed by atoms with Gasteiger partial charge in [-0.3, -0.25) is 13.8 Å². The van der Waals surface area contributed by atoms with E-state index in [0.717, 1.165) is 32.1 Å². The number of nitrogens with zero attached hydrogens (tertiary/aromatic N) is 1. The molecule has 61 heavy (non-hydrogen) atoms. The van der Waals surface area contributed by atoms with E-state index in [1.807, 2.05) is 21.1 Å². The predicted octanol–water partition coefficient (Wildman–Crippen LogP) is 16.4. The highest BCUT2D eigenvalue weighted by molar-refractivity contribution is 7.47. The van der Waals surface area contributed by atoms with Gasteiger partial charge >= 0.3 is 13.8 Å².